The van der Waals surface area contributed by atoms with Gasteiger partial charge >= 0.3 is 0 Å². The van der Waals surface area contributed by atoms with Crippen molar-refractivity contribution >= 4 is 5.91 Å². The molecule has 5 N–H and O–H groups in total. The van der Waals surface area contributed by atoms with Gasteiger partial charge in [-0.05, 0) is 30.7 Å². The molecule has 0 radical (unpaired) electrons. The van der Waals surface area contributed by atoms with E-state index in [4.69, 9.17) is 11.5 Å². The van der Waals surface area contributed by atoms with Crippen LogP contribution in [0.15, 0.2) is 36.6 Å². The summed E-state index contributed by atoms with van der Waals surface area (Å²) in [7, 11) is 0. The van der Waals surface area contributed by atoms with Crippen molar-refractivity contribution in [2.75, 3.05) is 13.1 Å². The zero-order valence-electron chi connectivity index (χ0n) is 10.5. The summed E-state index contributed by atoms with van der Waals surface area (Å²) in [5, 5.41) is 10.1. The van der Waals surface area contributed by atoms with Crippen LogP contribution in [0.5, 0.6) is 0 Å². The zero-order chi connectivity index (χ0) is 13.5. The number of amides is 1. The van der Waals surface area contributed by atoms with Gasteiger partial charge in [0.05, 0.1) is 0 Å². The fourth-order valence-electron chi connectivity index (χ4n) is 1.99. The summed E-state index contributed by atoms with van der Waals surface area (Å²) in [5.41, 5.74) is 11.6. The summed E-state index contributed by atoms with van der Waals surface area (Å²) in [6.45, 7) is 4.98. The van der Waals surface area contributed by atoms with E-state index in [0.717, 1.165) is 12.8 Å². The van der Waals surface area contributed by atoms with Crippen molar-refractivity contribution in [1.29, 1.82) is 0 Å². The van der Waals surface area contributed by atoms with Crippen LogP contribution < -0.4 is 11.5 Å². The average Bonchev–Trinajstić information content (AvgIpc) is 2.89. The normalized spacial score (nSPS) is 20.1. The smallest absolute Gasteiger partial charge is 0.242 e. The Kier molecular flexibility index (Phi) is 5.61. The van der Waals surface area contributed by atoms with Crippen LogP contribution in [0.25, 0.3) is 0 Å². The van der Waals surface area contributed by atoms with Crippen molar-refractivity contribution < 1.29 is 9.90 Å². The van der Waals surface area contributed by atoms with Crippen LogP contribution in [0.1, 0.15) is 12.8 Å². The molecule has 0 aromatic carbocycles. The number of hydrogen-bond donors (Lipinski definition) is 3. The van der Waals surface area contributed by atoms with E-state index in [9.17, 15) is 9.90 Å². The van der Waals surface area contributed by atoms with Gasteiger partial charge in [0.2, 0.25) is 5.91 Å². The first-order valence-electron chi connectivity index (χ1n) is 6.05. The number of allylic oxidation sites excluding steroid dienone is 2. The Morgan fingerprint density at radius 1 is 1.39 bits per heavy atom. The third kappa shape index (κ3) is 3.45. The molecule has 0 saturated carbocycles. The van der Waals surface area contributed by atoms with Crippen LogP contribution in [0.2, 0.25) is 0 Å². The van der Waals surface area contributed by atoms with Crippen LogP contribution in [0.3, 0.4) is 0 Å². The number of rotatable bonds is 5. The van der Waals surface area contributed by atoms with Crippen LogP contribution in [-0.4, -0.2) is 41.1 Å². The first-order valence-corrected chi connectivity index (χ1v) is 6.05. The van der Waals surface area contributed by atoms with E-state index >= 15 is 0 Å². The molecule has 1 rings (SSSR count). The van der Waals surface area contributed by atoms with Gasteiger partial charge in [-0.15, -0.1) is 0 Å². The van der Waals surface area contributed by atoms with Crippen LogP contribution in [0.4, 0.5) is 0 Å². The van der Waals surface area contributed by atoms with Gasteiger partial charge in [-0.25, -0.2) is 0 Å². The van der Waals surface area contributed by atoms with Crippen molar-refractivity contribution in [2.24, 2.45) is 11.5 Å². The standard InChI is InChI=1S/C13H21N3O2/c1-2-5-10(6-7-14)12(17)11(15)13(18)16-8-3-4-9-16/h2,5-7,11-12,17H,1,3-4,8-9,14-15H2/b7-6-,10-5+. The van der Waals surface area contributed by atoms with E-state index in [1.165, 1.54) is 18.4 Å². The zero-order valence-corrected chi connectivity index (χ0v) is 10.5. The van der Waals surface area contributed by atoms with E-state index in [0.29, 0.717) is 18.7 Å². The molecule has 1 heterocycles. The summed E-state index contributed by atoms with van der Waals surface area (Å²) in [5.74, 6) is -0.222. The summed E-state index contributed by atoms with van der Waals surface area (Å²) < 4.78 is 0. The Bertz CT molecular complexity index is 357. The van der Waals surface area contributed by atoms with Crippen molar-refractivity contribution in [3.05, 3.63) is 36.6 Å². The molecule has 18 heavy (non-hydrogen) atoms. The lowest BCUT2D eigenvalue weighted by Crippen LogP contribution is -2.49. The summed E-state index contributed by atoms with van der Waals surface area (Å²) in [6.07, 6.45) is 6.83. The molecular weight excluding hydrogens is 230 g/mol. The number of aliphatic hydroxyl groups is 1. The predicted octanol–water partition coefficient (Wildman–Crippen LogP) is -0.118. The molecule has 5 nitrogen and oxygen atoms in total. The van der Waals surface area contributed by atoms with Crippen LogP contribution in [-0.2, 0) is 4.79 Å². The lowest BCUT2D eigenvalue weighted by molar-refractivity contribution is -0.133. The van der Waals surface area contributed by atoms with Gasteiger partial charge in [-0.2, -0.15) is 0 Å². The van der Waals surface area contributed by atoms with Gasteiger partial charge in [0, 0.05) is 13.1 Å². The second kappa shape index (κ2) is 6.98. The van der Waals surface area contributed by atoms with E-state index in [-0.39, 0.29) is 5.91 Å². The number of likely N-dealkylation sites (tertiary alicyclic amines) is 1. The maximum Gasteiger partial charge on any atom is 0.242 e. The molecule has 1 saturated heterocycles. The minimum absolute atomic E-state index is 0.222. The van der Waals surface area contributed by atoms with E-state index in [2.05, 4.69) is 6.58 Å². The molecular formula is C13H21N3O2. The molecule has 1 aliphatic heterocycles. The summed E-state index contributed by atoms with van der Waals surface area (Å²) >= 11 is 0. The average molecular weight is 251 g/mol. The van der Waals surface area contributed by atoms with E-state index in [1.807, 2.05) is 0 Å². The van der Waals surface area contributed by atoms with Gasteiger partial charge in [0.25, 0.3) is 0 Å². The van der Waals surface area contributed by atoms with Crippen LogP contribution >= 0.6 is 0 Å². The molecule has 2 unspecified atom stereocenters. The Labute approximate surface area is 107 Å². The van der Waals surface area contributed by atoms with Crippen molar-refractivity contribution in [3.63, 3.8) is 0 Å². The van der Waals surface area contributed by atoms with Gasteiger partial charge in [0.1, 0.15) is 12.1 Å². The molecule has 0 bridgehead atoms. The van der Waals surface area contributed by atoms with Crippen LogP contribution in [0, 0.1) is 0 Å². The summed E-state index contributed by atoms with van der Waals surface area (Å²) in [6, 6.07) is -0.967. The molecule has 2 atom stereocenters. The number of hydrogen-bond acceptors (Lipinski definition) is 4. The second-order valence-corrected chi connectivity index (χ2v) is 4.26. The highest BCUT2D eigenvalue weighted by molar-refractivity contribution is 5.83. The monoisotopic (exact) mass is 251 g/mol. The van der Waals surface area contributed by atoms with Crippen molar-refractivity contribution in [1.82, 2.24) is 4.90 Å². The van der Waals surface area contributed by atoms with E-state index < -0.39 is 12.1 Å². The highest BCUT2D eigenvalue weighted by atomic mass is 16.3. The lowest BCUT2D eigenvalue weighted by Gasteiger charge is -2.24. The van der Waals surface area contributed by atoms with Crippen molar-refractivity contribution in [3.8, 4) is 0 Å². The highest BCUT2D eigenvalue weighted by Gasteiger charge is 2.29. The summed E-state index contributed by atoms with van der Waals surface area (Å²) in [4.78, 5) is 13.7. The van der Waals surface area contributed by atoms with E-state index in [1.54, 1.807) is 11.0 Å². The number of carbonyl (C=O) groups is 1. The number of carbonyl (C=O) groups excluding carboxylic acids is 1. The molecule has 5 heteroatoms. The van der Waals surface area contributed by atoms with Gasteiger partial charge in [-0.3, -0.25) is 4.79 Å². The molecule has 1 aliphatic rings. The molecule has 1 fully saturated rings. The highest BCUT2D eigenvalue weighted by Crippen LogP contribution is 2.13. The van der Waals surface area contributed by atoms with Crippen molar-refractivity contribution in [2.45, 2.75) is 25.0 Å². The molecule has 1 amide bonds. The lowest BCUT2D eigenvalue weighted by atomic mass is 10.0. The SMILES string of the molecule is C=C/C=C(\C=C/N)C(O)C(N)C(=O)N1CCCC1. The maximum atomic E-state index is 12.0. The number of nitrogens with zero attached hydrogens (tertiary/aromatic N) is 1. The largest absolute Gasteiger partial charge is 0.405 e. The molecule has 0 aliphatic carbocycles. The minimum atomic E-state index is -1.07. The Hall–Kier alpha value is -1.59. The fraction of sp³-hybridized carbons (Fsp3) is 0.462. The molecule has 0 aromatic heterocycles. The van der Waals surface area contributed by atoms with Gasteiger partial charge in [-0.1, -0.05) is 18.7 Å². The molecule has 0 aromatic rings. The topological polar surface area (TPSA) is 92.6 Å². The Morgan fingerprint density at radius 2 is 2.00 bits per heavy atom. The third-order valence-electron chi connectivity index (χ3n) is 2.98. The second-order valence-electron chi connectivity index (χ2n) is 4.26. The minimum Gasteiger partial charge on any atom is -0.405 e. The first kappa shape index (κ1) is 14.5. The Morgan fingerprint density at radius 3 is 2.50 bits per heavy atom. The quantitative estimate of drug-likeness (QED) is 0.594. The maximum absolute atomic E-state index is 12.0. The van der Waals surface area contributed by atoms with Gasteiger partial charge < -0.3 is 21.5 Å². The fourth-order valence-corrected chi connectivity index (χ4v) is 1.99. The molecule has 100 valence electrons. The number of nitrogens with two attached hydrogens (primary N) is 2. The number of aliphatic hydroxyl groups excluding tert-OH is 1. The third-order valence-corrected chi connectivity index (χ3v) is 2.98. The van der Waals surface area contributed by atoms with Gasteiger partial charge in [0.15, 0.2) is 0 Å². The molecule has 0 spiro atoms. The predicted molar refractivity (Wildman–Crippen MR) is 71.4 cm³/mol. The Balaban J connectivity index is 2.74. The first-order chi connectivity index (χ1) is 8.61.